The average molecular weight is 284 g/mol. The molecule has 2 heterocycles. The Hall–Kier alpha value is -1.77. The first kappa shape index (κ1) is 14.2. The minimum Gasteiger partial charge on any atom is -0.392 e. The first-order chi connectivity index (χ1) is 10.3. The van der Waals surface area contributed by atoms with Crippen molar-refractivity contribution in [2.24, 2.45) is 5.16 Å². The van der Waals surface area contributed by atoms with Gasteiger partial charge in [0, 0.05) is 12.5 Å². The van der Waals surface area contributed by atoms with E-state index in [2.05, 4.69) is 60.3 Å². The van der Waals surface area contributed by atoms with E-state index in [0.29, 0.717) is 18.6 Å². The molecule has 3 nitrogen and oxygen atoms in total. The predicted molar refractivity (Wildman–Crippen MR) is 86.3 cm³/mol. The molecule has 2 aliphatic heterocycles. The van der Waals surface area contributed by atoms with Crippen LogP contribution in [0, 0.1) is 0 Å². The second-order valence-electron chi connectivity index (χ2n) is 6.03. The van der Waals surface area contributed by atoms with Crippen molar-refractivity contribution >= 4 is 5.84 Å². The number of oxime groups is 1. The topological polar surface area (TPSA) is 24.8 Å². The van der Waals surface area contributed by atoms with Crippen LogP contribution < -0.4 is 0 Å². The van der Waals surface area contributed by atoms with Crippen molar-refractivity contribution in [3.63, 3.8) is 0 Å². The van der Waals surface area contributed by atoms with Gasteiger partial charge in [-0.15, -0.1) is 0 Å². The van der Waals surface area contributed by atoms with Gasteiger partial charge in [0.2, 0.25) is 0 Å². The number of nitrogens with zero attached hydrogens (tertiary/aromatic N) is 2. The van der Waals surface area contributed by atoms with Crippen LogP contribution >= 0.6 is 0 Å². The van der Waals surface area contributed by atoms with Crippen molar-refractivity contribution < 1.29 is 4.84 Å². The van der Waals surface area contributed by atoms with Crippen LogP contribution in [-0.2, 0) is 4.84 Å². The molecule has 0 spiro atoms. The predicted octanol–water partition coefficient (Wildman–Crippen LogP) is 3.93. The van der Waals surface area contributed by atoms with Gasteiger partial charge in [0.1, 0.15) is 6.61 Å². The Bertz CT molecular complexity index is 535. The minimum absolute atomic E-state index is 0.382. The summed E-state index contributed by atoms with van der Waals surface area (Å²) in [6, 6.07) is 11.2. The van der Waals surface area contributed by atoms with Gasteiger partial charge >= 0.3 is 0 Å². The van der Waals surface area contributed by atoms with Crippen LogP contribution in [0.1, 0.15) is 44.6 Å². The van der Waals surface area contributed by atoms with Gasteiger partial charge in [-0.2, -0.15) is 0 Å². The van der Waals surface area contributed by atoms with Crippen LogP contribution in [0.25, 0.3) is 0 Å². The SMILES string of the molecule is CCC(c1ccccc1)C1CON=C2C=C(C)CCCN21. The Morgan fingerprint density at radius 3 is 2.90 bits per heavy atom. The number of amidine groups is 1. The molecule has 21 heavy (non-hydrogen) atoms. The molecule has 1 aromatic carbocycles. The first-order valence-corrected chi connectivity index (χ1v) is 7.98. The molecule has 1 aromatic rings. The van der Waals surface area contributed by atoms with E-state index in [-0.39, 0.29) is 0 Å². The lowest BCUT2D eigenvalue weighted by molar-refractivity contribution is 0.0499. The monoisotopic (exact) mass is 284 g/mol. The highest BCUT2D eigenvalue weighted by molar-refractivity contribution is 5.94. The van der Waals surface area contributed by atoms with Crippen LogP contribution in [0.3, 0.4) is 0 Å². The fourth-order valence-electron chi connectivity index (χ4n) is 3.47. The molecule has 0 radical (unpaired) electrons. The molecule has 0 N–H and O–H groups in total. The molecule has 0 aromatic heterocycles. The van der Waals surface area contributed by atoms with Crippen LogP contribution in [0.5, 0.6) is 0 Å². The zero-order chi connectivity index (χ0) is 14.7. The molecule has 0 amide bonds. The van der Waals surface area contributed by atoms with Gasteiger partial charge in [0.05, 0.1) is 6.04 Å². The second-order valence-corrected chi connectivity index (χ2v) is 6.03. The molecule has 3 heteroatoms. The van der Waals surface area contributed by atoms with E-state index in [1.165, 1.54) is 17.6 Å². The molecule has 2 unspecified atom stereocenters. The van der Waals surface area contributed by atoms with Gasteiger partial charge < -0.3 is 9.74 Å². The summed E-state index contributed by atoms with van der Waals surface area (Å²) in [6.45, 7) is 6.21. The standard InChI is InChI=1S/C18H24N2O/c1-3-16(15-9-5-4-6-10-15)17-13-21-19-18-12-14(2)8-7-11-20(17)18/h4-6,9-10,12,16-17H,3,7-8,11,13H2,1-2H3. The summed E-state index contributed by atoms with van der Waals surface area (Å²) in [5.74, 6) is 1.50. The molecule has 0 aliphatic carbocycles. The molecule has 2 aliphatic rings. The fraction of sp³-hybridized carbons (Fsp3) is 0.500. The van der Waals surface area contributed by atoms with Gasteiger partial charge in [0.15, 0.2) is 5.84 Å². The zero-order valence-corrected chi connectivity index (χ0v) is 13.0. The summed E-state index contributed by atoms with van der Waals surface area (Å²) in [5.41, 5.74) is 2.80. The number of hydrogen-bond acceptors (Lipinski definition) is 3. The van der Waals surface area contributed by atoms with E-state index in [0.717, 1.165) is 25.2 Å². The number of allylic oxidation sites excluding steroid dienone is 1. The maximum absolute atomic E-state index is 5.56. The van der Waals surface area contributed by atoms with Gasteiger partial charge in [-0.05, 0) is 37.8 Å². The lowest BCUT2D eigenvalue weighted by Gasteiger charge is -2.39. The molecule has 112 valence electrons. The van der Waals surface area contributed by atoms with Gasteiger partial charge in [-0.1, -0.05) is 48.0 Å². The van der Waals surface area contributed by atoms with Gasteiger partial charge in [0.25, 0.3) is 0 Å². The summed E-state index contributed by atoms with van der Waals surface area (Å²) >= 11 is 0. The third-order valence-corrected chi connectivity index (χ3v) is 4.58. The highest BCUT2D eigenvalue weighted by Gasteiger charge is 2.33. The number of rotatable bonds is 3. The van der Waals surface area contributed by atoms with E-state index >= 15 is 0 Å². The quantitative estimate of drug-likeness (QED) is 0.840. The highest BCUT2D eigenvalue weighted by atomic mass is 16.6. The lowest BCUT2D eigenvalue weighted by Crippen LogP contribution is -2.48. The van der Waals surface area contributed by atoms with Crippen LogP contribution in [-0.4, -0.2) is 29.9 Å². The molecular formula is C18H24N2O. The number of benzene rings is 1. The summed E-state index contributed by atoms with van der Waals surface area (Å²) in [4.78, 5) is 8.02. The van der Waals surface area contributed by atoms with E-state index in [1.54, 1.807) is 0 Å². The van der Waals surface area contributed by atoms with E-state index in [4.69, 9.17) is 4.84 Å². The van der Waals surface area contributed by atoms with Gasteiger partial charge in [-0.25, -0.2) is 0 Å². The lowest BCUT2D eigenvalue weighted by atomic mass is 9.88. The average Bonchev–Trinajstić information content (AvgIpc) is 2.70. The van der Waals surface area contributed by atoms with Crippen molar-refractivity contribution in [2.75, 3.05) is 13.2 Å². The van der Waals surface area contributed by atoms with Crippen molar-refractivity contribution in [2.45, 2.75) is 45.1 Å². The Labute approximate surface area is 127 Å². The van der Waals surface area contributed by atoms with Gasteiger partial charge in [-0.3, -0.25) is 0 Å². The minimum atomic E-state index is 0.382. The summed E-state index contributed by atoms with van der Waals surface area (Å²) in [7, 11) is 0. The fourth-order valence-corrected chi connectivity index (χ4v) is 3.47. The highest BCUT2D eigenvalue weighted by Crippen LogP contribution is 2.31. The maximum Gasteiger partial charge on any atom is 0.168 e. The molecule has 0 saturated heterocycles. The largest absolute Gasteiger partial charge is 0.392 e. The van der Waals surface area contributed by atoms with Crippen LogP contribution in [0.2, 0.25) is 0 Å². The Morgan fingerprint density at radius 1 is 1.33 bits per heavy atom. The van der Waals surface area contributed by atoms with Crippen molar-refractivity contribution in [3.05, 3.63) is 47.5 Å². The number of fused-ring (bicyclic) bond motifs is 1. The van der Waals surface area contributed by atoms with E-state index < -0.39 is 0 Å². The van der Waals surface area contributed by atoms with Crippen LogP contribution in [0.15, 0.2) is 47.1 Å². The maximum atomic E-state index is 5.56. The smallest absolute Gasteiger partial charge is 0.168 e. The summed E-state index contributed by atoms with van der Waals surface area (Å²) in [6.07, 6.45) is 5.66. The third-order valence-electron chi connectivity index (χ3n) is 4.58. The molecule has 0 saturated carbocycles. The van der Waals surface area contributed by atoms with Crippen molar-refractivity contribution in [3.8, 4) is 0 Å². The molecule has 0 fully saturated rings. The van der Waals surface area contributed by atoms with E-state index in [9.17, 15) is 0 Å². The molecule has 3 rings (SSSR count). The molecule has 0 bridgehead atoms. The zero-order valence-electron chi connectivity index (χ0n) is 13.0. The van der Waals surface area contributed by atoms with Crippen LogP contribution in [0.4, 0.5) is 0 Å². The second kappa shape index (κ2) is 6.33. The molecule has 2 atom stereocenters. The van der Waals surface area contributed by atoms with Crippen molar-refractivity contribution in [1.29, 1.82) is 0 Å². The number of hydrogen-bond donors (Lipinski definition) is 0. The Balaban J connectivity index is 1.89. The summed E-state index contributed by atoms with van der Waals surface area (Å²) in [5, 5.41) is 4.29. The third kappa shape index (κ3) is 2.97. The van der Waals surface area contributed by atoms with Crippen molar-refractivity contribution in [1.82, 2.24) is 4.90 Å². The molecular weight excluding hydrogens is 260 g/mol. The van der Waals surface area contributed by atoms with E-state index in [1.807, 2.05) is 0 Å². The first-order valence-electron chi connectivity index (χ1n) is 7.98. The summed E-state index contributed by atoms with van der Waals surface area (Å²) < 4.78 is 0. The normalized spacial score (nSPS) is 23.3. The Kier molecular flexibility index (Phi) is 4.28. The Morgan fingerprint density at radius 2 is 2.14 bits per heavy atom.